The highest BCUT2D eigenvalue weighted by atomic mass is 16.5. The van der Waals surface area contributed by atoms with Gasteiger partial charge in [-0.15, -0.1) is 0 Å². The molecule has 188 valence electrons. The maximum atomic E-state index is 12.4. The van der Waals surface area contributed by atoms with Crippen LogP contribution in [0.5, 0.6) is 11.5 Å². The van der Waals surface area contributed by atoms with Gasteiger partial charge in [0.15, 0.2) is 0 Å². The van der Waals surface area contributed by atoms with Gasteiger partial charge in [0.2, 0.25) is 5.91 Å². The first-order valence-electron chi connectivity index (χ1n) is 12.7. The Kier molecular flexibility index (Phi) is 7.65. The molecule has 1 aromatic heterocycles. The van der Waals surface area contributed by atoms with Crippen molar-refractivity contribution in [3.8, 4) is 11.5 Å². The van der Waals surface area contributed by atoms with Crippen LogP contribution in [-0.2, 0) is 24.2 Å². The lowest BCUT2D eigenvalue weighted by atomic mass is 10.1. The van der Waals surface area contributed by atoms with Crippen molar-refractivity contribution < 1.29 is 14.3 Å². The third-order valence-electron chi connectivity index (χ3n) is 6.48. The van der Waals surface area contributed by atoms with E-state index in [2.05, 4.69) is 34.1 Å². The number of ether oxygens (including phenoxy) is 2. The summed E-state index contributed by atoms with van der Waals surface area (Å²) >= 11 is 0. The van der Waals surface area contributed by atoms with Crippen molar-refractivity contribution in [1.82, 2.24) is 14.9 Å². The van der Waals surface area contributed by atoms with Crippen molar-refractivity contribution in [1.29, 1.82) is 0 Å². The second-order valence-electron chi connectivity index (χ2n) is 8.97. The molecule has 6 heteroatoms. The first-order chi connectivity index (χ1) is 18.2. The average molecular weight is 494 g/mol. The smallest absolute Gasteiger partial charge is 0.224 e. The number of carbonyl (C=O) groups excluding carboxylic acids is 1. The molecule has 1 heterocycles. The number of nitrogens with one attached hydrogen (secondary N) is 1. The normalized spacial score (nSPS) is 11.1. The molecule has 0 aliphatic heterocycles. The maximum absolute atomic E-state index is 12.4. The number of carbonyl (C=O) groups is 1. The van der Waals surface area contributed by atoms with Gasteiger partial charge < -0.3 is 19.4 Å². The van der Waals surface area contributed by atoms with E-state index in [1.807, 2.05) is 66.7 Å². The van der Waals surface area contributed by atoms with Crippen molar-refractivity contribution in [3.63, 3.8) is 0 Å². The molecule has 0 saturated carbocycles. The van der Waals surface area contributed by atoms with Gasteiger partial charge in [0.1, 0.15) is 23.9 Å². The lowest BCUT2D eigenvalue weighted by molar-refractivity contribution is -0.120. The zero-order valence-electron chi connectivity index (χ0n) is 21.0. The monoisotopic (exact) mass is 493 g/mol. The molecule has 0 atom stereocenters. The van der Waals surface area contributed by atoms with Gasteiger partial charge in [0.05, 0.1) is 31.1 Å². The number of aryl methyl sites for hydroxylation is 1. The first-order valence-corrected chi connectivity index (χ1v) is 12.7. The van der Waals surface area contributed by atoms with Crippen molar-refractivity contribution in [2.24, 2.45) is 0 Å². The van der Waals surface area contributed by atoms with Crippen molar-refractivity contribution in [2.45, 2.75) is 25.8 Å². The van der Waals surface area contributed by atoms with Crippen LogP contribution < -0.4 is 14.8 Å². The van der Waals surface area contributed by atoms with Gasteiger partial charge in [0, 0.05) is 18.4 Å². The molecule has 4 aromatic carbocycles. The number of rotatable bonds is 11. The van der Waals surface area contributed by atoms with Crippen LogP contribution in [-0.4, -0.2) is 35.7 Å². The first kappa shape index (κ1) is 24.4. The Labute approximate surface area is 216 Å². The van der Waals surface area contributed by atoms with Crippen LogP contribution in [0.25, 0.3) is 21.8 Å². The van der Waals surface area contributed by atoms with Gasteiger partial charge in [-0.2, -0.15) is 0 Å². The summed E-state index contributed by atoms with van der Waals surface area (Å²) in [6.45, 7) is 1.84. The number of benzene rings is 4. The SMILES string of the molecule is COc1ccc(CC(=O)NCCCc2nc3ccccc3n2CCOc2cccc3ccccc23)cc1. The Balaban J connectivity index is 1.18. The highest BCUT2D eigenvalue weighted by Gasteiger charge is 2.11. The minimum Gasteiger partial charge on any atom is -0.497 e. The van der Waals surface area contributed by atoms with Gasteiger partial charge in [-0.1, -0.05) is 60.7 Å². The molecule has 0 radical (unpaired) electrons. The fourth-order valence-electron chi connectivity index (χ4n) is 4.60. The third-order valence-corrected chi connectivity index (χ3v) is 6.48. The van der Waals surface area contributed by atoms with Crippen molar-refractivity contribution >= 4 is 27.7 Å². The number of methoxy groups -OCH3 is 1. The number of para-hydroxylation sites is 2. The van der Waals surface area contributed by atoms with Gasteiger partial charge in [-0.25, -0.2) is 4.98 Å². The molecule has 1 amide bonds. The topological polar surface area (TPSA) is 65.4 Å². The van der Waals surface area contributed by atoms with Crippen molar-refractivity contribution in [2.75, 3.05) is 20.3 Å². The van der Waals surface area contributed by atoms with E-state index in [1.165, 1.54) is 5.39 Å². The standard InChI is InChI=1S/C31H31N3O3/c1-36-25-17-15-23(16-18-25)22-31(35)32-19-7-14-30-33-27-11-4-5-12-28(27)34(30)20-21-37-29-13-6-9-24-8-2-3-10-26(24)29/h2-6,8-13,15-18H,7,14,19-22H2,1H3,(H,32,35). The predicted octanol–water partition coefficient (Wildman–Crippen LogP) is 5.57. The van der Waals surface area contributed by atoms with E-state index in [9.17, 15) is 4.79 Å². The molecule has 37 heavy (non-hydrogen) atoms. The number of hydrogen-bond acceptors (Lipinski definition) is 4. The summed E-state index contributed by atoms with van der Waals surface area (Å²) in [4.78, 5) is 17.2. The number of amides is 1. The maximum Gasteiger partial charge on any atom is 0.224 e. The molecule has 0 fully saturated rings. The third kappa shape index (κ3) is 5.92. The molecule has 0 spiro atoms. The van der Waals surface area contributed by atoms with Gasteiger partial charge in [0.25, 0.3) is 0 Å². The summed E-state index contributed by atoms with van der Waals surface area (Å²) in [5, 5.41) is 5.32. The molecule has 1 N–H and O–H groups in total. The number of nitrogens with zero attached hydrogens (tertiary/aromatic N) is 2. The zero-order valence-corrected chi connectivity index (χ0v) is 21.0. The molecular weight excluding hydrogens is 462 g/mol. The number of fused-ring (bicyclic) bond motifs is 2. The highest BCUT2D eigenvalue weighted by molar-refractivity contribution is 5.88. The number of hydrogen-bond donors (Lipinski definition) is 1. The molecule has 0 saturated heterocycles. The lowest BCUT2D eigenvalue weighted by Crippen LogP contribution is -2.26. The molecule has 6 nitrogen and oxygen atoms in total. The van der Waals surface area contributed by atoms with E-state index in [0.29, 0.717) is 26.1 Å². The molecule has 5 rings (SSSR count). The summed E-state index contributed by atoms with van der Waals surface area (Å²) in [6.07, 6.45) is 1.93. The van der Waals surface area contributed by atoms with Gasteiger partial charge >= 0.3 is 0 Å². The predicted molar refractivity (Wildman–Crippen MR) is 147 cm³/mol. The zero-order chi connectivity index (χ0) is 25.5. The summed E-state index contributed by atoms with van der Waals surface area (Å²) in [5.41, 5.74) is 3.04. The summed E-state index contributed by atoms with van der Waals surface area (Å²) in [5.74, 6) is 2.70. The number of imidazole rings is 1. The lowest BCUT2D eigenvalue weighted by Gasteiger charge is -2.13. The van der Waals surface area contributed by atoms with Crippen LogP contribution in [0.2, 0.25) is 0 Å². The Morgan fingerprint density at radius 1 is 0.919 bits per heavy atom. The summed E-state index contributed by atoms with van der Waals surface area (Å²) < 4.78 is 13.6. The minimum atomic E-state index is 0.0159. The highest BCUT2D eigenvalue weighted by Crippen LogP contribution is 2.25. The van der Waals surface area contributed by atoms with Crippen LogP contribution in [0.4, 0.5) is 0 Å². The van der Waals surface area contributed by atoms with Crippen LogP contribution in [0.15, 0.2) is 91.0 Å². The van der Waals surface area contributed by atoms with E-state index in [0.717, 1.165) is 52.1 Å². The van der Waals surface area contributed by atoms with E-state index in [4.69, 9.17) is 14.5 Å². The average Bonchev–Trinajstić information content (AvgIpc) is 3.29. The molecule has 0 aliphatic carbocycles. The largest absolute Gasteiger partial charge is 0.497 e. The second-order valence-corrected chi connectivity index (χ2v) is 8.97. The number of aromatic nitrogens is 2. The quantitative estimate of drug-likeness (QED) is 0.244. The van der Waals surface area contributed by atoms with E-state index < -0.39 is 0 Å². The fourth-order valence-corrected chi connectivity index (χ4v) is 4.60. The van der Waals surface area contributed by atoms with Gasteiger partial charge in [-0.05, 0) is 47.7 Å². The minimum absolute atomic E-state index is 0.0159. The van der Waals surface area contributed by atoms with Gasteiger partial charge in [-0.3, -0.25) is 4.79 Å². The fraction of sp³-hybridized carbons (Fsp3) is 0.226. The molecule has 0 aliphatic rings. The van der Waals surface area contributed by atoms with E-state index in [1.54, 1.807) is 7.11 Å². The Morgan fingerprint density at radius 3 is 2.57 bits per heavy atom. The van der Waals surface area contributed by atoms with E-state index >= 15 is 0 Å². The molecule has 5 aromatic rings. The van der Waals surface area contributed by atoms with Crippen molar-refractivity contribution in [3.05, 3.63) is 102 Å². The Bertz CT molecular complexity index is 1490. The van der Waals surface area contributed by atoms with Crippen LogP contribution in [0.1, 0.15) is 17.8 Å². The summed E-state index contributed by atoms with van der Waals surface area (Å²) in [6, 6.07) is 30.2. The van der Waals surface area contributed by atoms with Crippen LogP contribution in [0, 0.1) is 0 Å². The second kappa shape index (κ2) is 11.6. The molecular formula is C31H31N3O3. The van der Waals surface area contributed by atoms with Crippen LogP contribution >= 0.6 is 0 Å². The molecule has 0 bridgehead atoms. The van der Waals surface area contributed by atoms with Crippen LogP contribution in [0.3, 0.4) is 0 Å². The molecule has 0 unspecified atom stereocenters. The van der Waals surface area contributed by atoms with E-state index in [-0.39, 0.29) is 5.91 Å². The Hall–Kier alpha value is -4.32. The Morgan fingerprint density at radius 2 is 1.70 bits per heavy atom. The summed E-state index contributed by atoms with van der Waals surface area (Å²) in [7, 11) is 1.63.